The SMILES string of the molecule is C=CCC[C@@H](NC(=O)[C@@H]1[C@@H]2C(CN1C(=O)[C@@H](NC(=O)NC13CC4CC(CC(C4)C1)C3)C1CCCCC1)C2(C)C)C(=O)C(=O)NCCC(=O)OC1(C)CCCC1. The number of ether oxygens (including phenoxy) is 1. The number of allylic oxidation sites excluding steroid dienone is 1. The van der Waals surface area contributed by atoms with Crippen molar-refractivity contribution >= 4 is 35.5 Å². The minimum Gasteiger partial charge on any atom is -0.459 e. The standard InChI is InChI=1S/C43H65N5O7/c1-5-6-14-31(36(50)38(52)44-18-15-32(49)55-42(4)16-10-11-17-42)45-37(51)35-33-30(41(33,2)3)25-48(35)39(53)34(29-12-8-7-9-13-29)46-40(54)47-43-22-26-19-27(23-43)21-28(20-26)24-43/h5,26-31,33-35H,1,6-25H2,2-4H3,(H,44,52)(H,45,51)(H2,46,47,54)/t26?,27?,28?,30?,31-,33+,34+,35+,43?/m1/s1. The first-order chi connectivity index (χ1) is 26.2. The number of hydrogen-bond donors (Lipinski definition) is 4. The molecule has 0 aromatic carbocycles. The quantitative estimate of drug-likeness (QED) is 0.103. The molecule has 1 unspecified atom stereocenters. The normalized spacial score (nSPS) is 33.5. The minimum atomic E-state index is -1.13. The van der Waals surface area contributed by atoms with Gasteiger partial charge in [-0.15, -0.1) is 6.58 Å². The Hall–Kier alpha value is -3.44. The highest BCUT2D eigenvalue weighted by Gasteiger charge is 2.70. The monoisotopic (exact) mass is 763 g/mol. The molecule has 5 atom stereocenters. The van der Waals surface area contributed by atoms with Gasteiger partial charge in [-0.25, -0.2) is 4.79 Å². The molecule has 7 saturated carbocycles. The van der Waals surface area contributed by atoms with Crippen molar-refractivity contribution in [3.63, 3.8) is 0 Å². The zero-order chi connectivity index (χ0) is 39.1. The maximum absolute atomic E-state index is 14.8. The molecule has 0 aromatic heterocycles. The van der Waals surface area contributed by atoms with E-state index in [1.54, 1.807) is 11.0 Å². The van der Waals surface area contributed by atoms with Gasteiger partial charge in [0.25, 0.3) is 5.91 Å². The Morgan fingerprint density at radius 2 is 1.51 bits per heavy atom. The molecule has 5 amide bonds. The fraction of sp³-hybridized carbons (Fsp3) is 0.814. The highest BCUT2D eigenvalue weighted by Crippen LogP contribution is 2.65. The molecule has 12 heteroatoms. The molecule has 1 aliphatic heterocycles. The summed E-state index contributed by atoms with van der Waals surface area (Å²) in [4.78, 5) is 83.7. The van der Waals surface area contributed by atoms with Gasteiger partial charge in [0.05, 0.1) is 12.5 Å². The Bertz CT molecular complexity index is 1490. The van der Waals surface area contributed by atoms with Crippen molar-refractivity contribution in [2.45, 2.75) is 166 Å². The summed E-state index contributed by atoms with van der Waals surface area (Å²) in [5, 5.41) is 12.0. The molecule has 7 aliphatic carbocycles. The summed E-state index contributed by atoms with van der Waals surface area (Å²) in [5.74, 6) is -0.834. The minimum absolute atomic E-state index is 0.0269. The van der Waals surface area contributed by atoms with Crippen LogP contribution < -0.4 is 21.3 Å². The number of rotatable bonds is 15. The van der Waals surface area contributed by atoms with E-state index in [1.165, 1.54) is 19.3 Å². The lowest BCUT2D eigenvalue weighted by molar-refractivity contribution is -0.157. The lowest BCUT2D eigenvalue weighted by Gasteiger charge is -2.56. The molecular weight excluding hydrogens is 699 g/mol. The third-order valence-corrected chi connectivity index (χ3v) is 15.0. The summed E-state index contributed by atoms with van der Waals surface area (Å²) >= 11 is 0. The summed E-state index contributed by atoms with van der Waals surface area (Å²) in [6.07, 6.45) is 17.3. The van der Waals surface area contributed by atoms with Crippen LogP contribution in [0.25, 0.3) is 0 Å². The number of nitrogens with one attached hydrogen (secondary N) is 4. The number of esters is 1. The number of ketones is 1. The molecule has 8 fully saturated rings. The van der Waals surface area contributed by atoms with E-state index in [0.29, 0.717) is 30.7 Å². The van der Waals surface area contributed by atoms with Gasteiger partial charge in [-0.1, -0.05) is 39.2 Å². The predicted molar refractivity (Wildman–Crippen MR) is 206 cm³/mol. The number of likely N-dealkylation sites (tertiary alicyclic amines) is 1. The van der Waals surface area contributed by atoms with Crippen LogP contribution in [0.1, 0.15) is 136 Å². The maximum atomic E-state index is 14.8. The summed E-state index contributed by atoms with van der Waals surface area (Å²) in [6, 6.07) is -3.00. The van der Waals surface area contributed by atoms with Crippen LogP contribution in [-0.4, -0.2) is 82.8 Å². The number of amides is 5. The molecule has 4 N–H and O–H groups in total. The van der Waals surface area contributed by atoms with Crippen LogP contribution >= 0.6 is 0 Å². The van der Waals surface area contributed by atoms with Crippen molar-refractivity contribution in [1.29, 1.82) is 0 Å². The molecule has 0 aromatic rings. The largest absolute Gasteiger partial charge is 0.459 e. The molecule has 304 valence electrons. The van der Waals surface area contributed by atoms with Crippen LogP contribution in [0.15, 0.2) is 12.7 Å². The van der Waals surface area contributed by atoms with Crippen molar-refractivity contribution in [2.24, 2.45) is 40.9 Å². The van der Waals surface area contributed by atoms with Crippen LogP contribution in [0.3, 0.4) is 0 Å². The highest BCUT2D eigenvalue weighted by atomic mass is 16.6. The molecule has 0 radical (unpaired) electrons. The third-order valence-electron chi connectivity index (χ3n) is 15.0. The molecule has 8 rings (SSSR count). The van der Waals surface area contributed by atoms with Crippen molar-refractivity contribution in [3.05, 3.63) is 12.7 Å². The van der Waals surface area contributed by atoms with Crippen molar-refractivity contribution in [3.8, 4) is 0 Å². The number of Topliss-reactive ketones (excluding diaryl/α,β-unsaturated/α-hetero) is 1. The van der Waals surface area contributed by atoms with Gasteiger partial charge in [0.15, 0.2) is 0 Å². The Kier molecular flexibility index (Phi) is 11.5. The Balaban J connectivity index is 1.01. The second-order valence-electron chi connectivity index (χ2n) is 19.5. The molecule has 1 saturated heterocycles. The highest BCUT2D eigenvalue weighted by molar-refractivity contribution is 6.38. The average Bonchev–Trinajstić information content (AvgIpc) is 3.47. The Labute approximate surface area is 326 Å². The van der Waals surface area contributed by atoms with E-state index in [1.807, 2.05) is 6.92 Å². The topological polar surface area (TPSA) is 163 Å². The summed E-state index contributed by atoms with van der Waals surface area (Å²) < 4.78 is 5.64. The average molecular weight is 764 g/mol. The Morgan fingerprint density at radius 1 is 0.873 bits per heavy atom. The van der Waals surface area contributed by atoms with Crippen LogP contribution in [0.2, 0.25) is 0 Å². The molecule has 4 bridgehead atoms. The number of nitrogens with zero attached hydrogens (tertiary/aromatic N) is 1. The third kappa shape index (κ3) is 8.48. The summed E-state index contributed by atoms with van der Waals surface area (Å²) in [5.41, 5.74) is -0.851. The van der Waals surface area contributed by atoms with E-state index in [2.05, 4.69) is 41.7 Å². The zero-order valence-electron chi connectivity index (χ0n) is 33.4. The van der Waals surface area contributed by atoms with Crippen molar-refractivity contribution in [2.75, 3.05) is 13.1 Å². The van der Waals surface area contributed by atoms with Crippen LogP contribution in [0.5, 0.6) is 0 Å². The van der Waals surface area contributed by atoms with Gasteiger partial charge >= 0.3 is 12.0 Å². The van der Waals surface area contributed by atoms with E-state index in [4.69, 9.17) is 4.74 Å². The summed E-state index contributed by atoms with van der Waals surface area (Å²) in [6.45, 7) is 10.2. The lowest BCUT2D eigenvalue weighted by Crippen LogP contribution is -2.64. The number of hydrogen-bond acceptors (Lipinski definition) is 7. The molecule has 8 aliphatic rings. The van der Waals surface area contributed by atoms with Gasteiger partial charge in [-0.2, -0.15) is 0 Å². The first kappa shape index (κ1) is 39.8. The van der Waals surface area contributed by atoms with Gasteiger partial charge in [0.1, 0.15) is 17.7 Å². The van der Waals surface area contributed by atoms with Crippen LogP contribution in [0.4, 0.5) is 4.79 Å². The molecule has 1 heterocycles. The summed E-state index contributed by atoms with van der Waals surface area (Å²) in [7, 11) is 0. The number of fused-ring (bicyclic) bond motifs is 1. The first-order valence-electron chi connectivity index (χ1n) is 21.6. The van der Waals surface area contributed by atoms with E-state index in [0.717, 1.165) is 77.0 Å². The van der Waals surface area contributed by atoms with E-state index in [-0.39, 0.29) is 60.0 Å². The smallest absolute Gasteiger partial charge is 0.315 e. The fourth-order valence-corrected chi connectivity index (χ4v) is 12.4. The number of urea groups is 1. The molecule has 12 nitrogen and oxygen atoms in total. The lowest BCUT2D eigenvalue weighted by atomic mass is 9.53. The fourth-order valence-electron chi connectivity index (χ4n) is 12.4. The second-order valence-corrected chi connectivity index (χ2v) is 19.5. The number of carbonyl (C=O) groups excluding carboxylic acids is 6. The Morgan fingerprint density at radius 3 is 2.13 bits per heavy atom. The zero-order valence-corrected chi connectivity index (χ0v) is 33.4. The van der Waals surface area contributed by atoms with E-state index in [9.17, 15) is 28.8 Å². The maximum Gasteiger partial charge on any atom is 0.315 e. The molecular formula is C43H65N5O7. The van der Waals surface area contributed by atoms with E-state index >= 15 is 0 Å². The first-order valence-corrected chi connectivity index (χ1v) is 21.6. The number of carbonyl (C=O) groups is 6. The molecule has 55 heavy (non-hydrogen) atoms. The van der Waals surface area contributed by atoms with Gasteiger partial charge in [-0.3, -0.25) is 24.0 Å². The molecule has 0 spiro atoms. The number of piperidine rings is 1. The van der Waals surface area contributed by atoms with Gasteiger partial charge in [-0.05, 0) is 138 Å². The predicted octanol–water partition coefficient (Wildman–Crippen LogP) is 5.09. The second kappa shape index (κ2) is 15.8. The van der Waals surface area contributed by atoms with Crippen molar-refractivity contribution < 1.29 is 33.5 Å². The van der Waals surface area contributed by atoms with E-state index < -0.39 is 47.3 Å². The van der Waals surface area contributed by atoms with Crippen molar-refractivity contribution in [1.82, 2.24) is 26.2 Å². The van der Waals surface area contributed by atoms with Gasteiger partial charge < -0.3 is 30.9 Å². The van der Waals surface area contributed by atoms with Gasteiger partial charge in [0.2, 0.25) is 17.6 Å². The van der Waals surface area contributed by atoms with Gasteiger partial charge in [0, 0.05) is 18.6 Å². The van der Waals surface area contributed by atoms with Crippen LogP contribution in [-0.2, 0) is 28.7 Å². The van der Waals surface area contributed by atoms with Crippen LogP contribution in [0, 0.1) is 40.9 Å².